The van der Waals surface area contributed by atoms with E-state index in [0.717, 1.165) is 22.3 Å². The molecule has 0 saturated heterocycles. The van der Waals surface area contributed by atoms with Crippen LogP contribution >= 0.6 is 0 Å². The summed E-state index contributed by atoms with van der Waals surface area (Å²) < 4.78 is 28.9. The Labute approximate surface area is 252 Å². The standard InChI is InChI=1S/4C9H11O.Sn/c4*1-9(2,10)8-6-4-3-5-7-8;/h4*3-7H,1-2H3;/q4*-1;+4. The Kier molecular flexibility index (Phi) is 9.51. The topological polar surface area (TPSA) is 36.9 Å². The number of hydrogen-bond acceptors (Lipinski definition) is 4. The first-order valence-electron chi connectivity index (χ1n) is 14.3. The Balaban J connectivity index is 1.90. The third-order valence-electron chi connectivity index (χ3n) is 7.40. The van der Waals surface area contributed by atoms with Gasteiger partial charge in [0.05, 0.1) is 0 Å². The summed E-state index contributed by atoms with van der Waals surface area (Å²) in [7, 11) is 0. The molecule has 41 heavy (non-hydrogen) atoms. The summed E-state index contributed by atoms with van der Waals surface area (Å²) in [6.45, 7) is 16.5. The third kappa shape index (κ3) is 7.88. The average Bonchev–Trinajstić information content (AvgIpc) is 2.94. The van der Waals surface area contributed by atoms with Crippen LogP contribution in [0.15, 0.2) is 121 Å². The Morgan fingerprint density at radius 3 is 0.659 bits per heavy atom. The second-order valence-corrected chi connectivity index (χ2v) is 17.6. The van der Waals surface area contributed by atoms with E-state index < -0.39 is 42.4 Å². The molecule has 0 amide bonds. The molecule has 5 heteroatoms. The van der Waals surface area contributed by atoms with Gasteiger partial charge in [0.25, 0.3) is 0 Å². The molecule has 0 saturated carbocycles. The van der Waals surface area contributed by atoms with Gasteiger partial charge in [-0.2, -0.15) is 0 Å². The van der Waals surface area contributed by atoms with Crippen LogP contribution in [0.1, 0.15) is 77.6 Å². The van der Waals surface area contributed by atoms with Crippen molar-refractivity contribution >= 4 is 20.0 Å². The van der Waals surface area contributed by atoms with E-state index in [-0.39, 0.29) is 0 Å². The van der Waals surface area contributed by atoms with E-state index in [0.29, 0.717) is 0 Å². The summed E-state index contributed by atoms with van der Waals surface area (Å²) in [4.78, 5) is 0. The average molecular weight is 659 g/mol. The molecule has 0 aliphatic carbocycles. The van der Waals surface area contributed by atoms with Gasteiger partial charge < -0.3 is 0 Å². The van der Waals surface area contributed by atoms with Gasteiger partial charge in [-0.05, 0) is 0 Å². The van der Waals surface area contributed by atoms with E-state index in [1.54, 1.807) is 0 Å². The molecule has 4 aromatic carbocycles. The van der Waals surface area contributed by atoms with Gasteiger partial charge in [0.1, 0.15) is 0 Å². The van der Waals surface area contributed by atoms with Gasteiger partial charge in [-0.1, -0.05) is 0 Å². The van der Waals surface area contributed by atoms with Crippen LogP contribution in [0.4, 0.5) is 0 Å². The Bertz CT molecular complexity index is 1150. The molecule has 0 aliphatic heterocycles. The summed E-state index contributed by atoms with van der Waals surface area (Å²) in [5.41, 5.74) is 1.03. The fourth-order valence-electron chi connectivity index (χ4n) is 4.97. The minimum atomic E-state index is -5.15. The quantitative estimate of drug-likeness (QED) is 0.142. The van der Waals surface area contributed by atoms with E-state index in [1.807, 2.05) is 72.8 Å². The second kappa shape index (κ2) is 12.4. The fraction of sp³-hybridized carbons (Fsp3) is 0.333. The summed E-state index contributed by atoms with van der Waals surface area (Å²) in [6.07, 6.45) is 0. The van der Waals surface area contributed by atoms with Crippen molar-refractivity contribution in [1.29, 1.82) is 0 Å². The van der Waals surface area contributed by atoms with Crippen molar-refractivity contribution in [2.45, 2.75) is 77.8 Å². The third-order valence-corrected chi connectivity index (χ3v) is 16.1. The predicted molar refractivity (Wildman–Crippen MR) is 168 cm³/mol. The van der Waals surface area contributed by atoms with E-state index in [4.69, 9.17) is 12.3 Å². The van der Waals surface area contributed by atoms with Crippen LogP contribution in [0, 0.1) is 0 Å². The van der Waals surface area contributed by atoms with Crippen LogP contribution < -0.4 is 0 Å². The predicted octanol–water partition coefficient (Wildman–Crippen LogP) is 9.23. The molecule has 0 atom stereocenters. The SMILES string of the molecule is CC(C)([O][Sn]([O]C(C)(C)c1ccccc1)([O]C(C)(C)c1ccccc1)[O]C(C)(C)c1ccccc1)c1ccccc1. The number of benzene rings is 4. The molecule has 0 spiro atoms. The first kappa shape index (κ1) is 31.5. The van der Waals surface area contributed by atoms with Crippen molar-refractivity contribution in [2.75, 3.05) is 0 Å². The van der Waals surface area contributed by atoms with Crippen LogP contribution in [0.25, 0.3) is 0 Å². The zero-order valence-corrected chi connectivity index (χ0v) is 28.5. The molecule has 4 rings (SSSR count). The maximum atomic E-state index is 7.23. The van der Waals surface area contributed by atoms with Crippen LogP contribution in [0.5, 0.6) is 0 Å². The van der Waals surface area contributed by atoms with Crippen molar-refractivity contribution < 1.29 is 12.3 Å². The molecule has 0 heterocycles. The Morgan fingerprint density at radius 2 is 0.488 bits per heavy atom. The summed E-state index contributed by atoms with van der Waals surface area (Å²) in [5, 5.41) is 0. The van der Waals surface area contributed by atoms with Gasteiger partial charge in [-0.15, -0.1) is 0 Å². The van der Waals surface area contributed by atoms with Crippen molar-refractivity contribution in [2.24, 2.45) is 0 Å². The molecule has 4 aromatic rings. The van der Waals surface area contributed by atoms with Gasteiger partial charge in [0.15, 0.2) is 0 Å². The second-order valence-electron chi connectivity index (χ2n) is 12.4. The zero-order chi connectivity index (χ0) is 29.8. The van der Waals surface area contributed by atoms with E-state index in [2.05, 4.69) is 104 Å². The molecule has 0 unspecified atom stereocenters. The van der Waals surface area contributed by atoms with Crippen molar-refractivity contribution in [3.63, 3.8) is 0 Å². The molecule has 216 valence electrons. The van der Waals surface area contributed by atoms with Gasteiger partial charge in [-0.25, -0.2) is 0 Å². The molecule has 0 aliphatic rings. The van der Waals surface area contributed by atoms with Crippen molar-refractivity contribution in [1.82, 2.24) is 0 Å². The Morgan fingerprint density at radius 1 is 0.317 bits per heavy atom. The van der Waals surface area contributed by atoms with Crippen LogP contribution in [0.3, 0.4) is 0 Å². The molecule has 0 aromatic heterocycles. The van der Waals surface area contributed by atoms with Gasteiger partial charge in [0.2, 0.25) is 0 Å². The molecule has 0 bridgehead atoms. The van der Waals surface area contributed by atoms with E-state index in [1.165, 1.54) is 0 Å². The molecular weight excluding hydrogens is 615 g/mol. The minimum absolute atomic E-state index is 0.760. The molecular formula is C36H44O4Sn. The summed E-state index contributed by atoms with van der Waals surface area (Å²) >= 11 is -5.15. The van der Waals surface area contributed by atoms with Crippen molar-refractivity contribution in [3.8, 4) is 0 Å². The molecule has 0 N–H and O–H groups in total. The van der Waals surface area contributed by atoms with Gasteiger partial charge in [0, 0.05) is 0 Å². The fourth-order valence-corrected chi connectivity index (χ4v) is 14.2. The van der Waals surface area contributed by atoms with E-state index >= 15 is 0 Å². The first-order valence-corrected chi connectivity index (χ1v) is 18.9. The Hall–Kier alpha value is -2.48. The van der Waals surface area contributed by atoms with Crippen LogP contribution in [-0.4, -0.2) is 20.0 Å². The zero-order valence-electron chi connectivity index (χ0n) is 25.7. The molecule has 0 radical (unpaired) electrons. The molecule has 4 nitrogen and oxygen atoms in total. The monoisotopic (exact) mass is 660 g/mol. The van der Waals surface area contributed by atoms with Gasteiger partial charge >= 0.3 is 254 Å². The number of hydrogen-bond donors (Lipinski definition) is 0. The van der Waals surface area contributed by atoms with Crippen molar-refractivity contribution in [3.05, 3.63) is 144 Å². The van der Waals surface area contributed by atoms with Gasteiger partial charge in [-0.3, -0.25) is 0 Å². The first-order chi connectivity index (χ1) is 19.2. The molecule has 0 fully saturated rings. The number of rotatable bonds is 12. The van der Waals surface area contributed by atoms with Crippen LogP contribution in [0.2, 0.25) is 0 Å². The van der Waals surface area contributed by atoms with E-state index in [9.17, 15) is 0 Å². The summed E-state index contributed by atoms with van der Waals surface area (Å²) in [5.74, 6) is 0. The summed E-state index contributed by atoms with van der Waals surface area (Å²) in [6, 6.07) is 40.8. The normalized spacial score (nSPS) is 13.3. The maximum absolute atomic E-state index is 7.23. The van der Waals surface area contributed by atoms with Crippen LogP contribution in [-0.2, 0) is 34.7 Å².